The Bertz CT molecular complexity index is 366. The quantitative estimate of drug-likeness (QED) is 0.381. The molecule has 1 saturated heterocycles. The summed E-state index contributed by atoms with van der Waals surface area (Å²) >= 11 is 0. The van der Waals surface area contributed by atoms with Gasteiger partial charge in [0, 0.05) is 6.61 Å². The third kappa shape index (κ3) is 4.43. The third-order valence-corrected chi connectivity index (χ3v) is 3.96. The van der Waals surface area contributed by atoms with Gasteiger partial charge in [-0.25, -0.2) is 0 Å². The number of unbranched alkanes of at least 4 members (excludes halogenated alkanes) is 4. The SMILES string of the molecule is CCCCCCCO[C@@H]1[C@@H](CO)O[C@](O)(C(O)=C(C)C)[C@H]1O. The van der Waals surface area contributed by atoms with Crippen molar-refractivity contribution < 1.29 is 29.9 Å². The van der Waals surface area contributed by atoms with E-state index in [-0.39, 0.29) is 0 Å². The van der Waals surface area contributed by atoms with Crippen LogP contribution in [0.4, 0.5) is 0 Å². The van der Waals surface area contributed by atoms with Gasteiger partial charge in [0.15, 0.2) is 5.76 Å². The number of hydrogen-bond donors (Lipinski definition) is 4. The largest absolute Gasteiger partial charge is 0.507 e. The van der Waals surface area contributed by atoms with Crippen molar-refractivity contribution in [3.8, 4) is 0 Å². The molecule has 1 aliphatic rings. The molecule has 1 heterocycles. The maximum Gasteiger partial charge on any atom is 0.255 e. The Balaban J connectivity index is 2.61. The average molecular weight is 318 g/mol. The van der Waals surface area contributed by atoms with E-state index in [0.29, 0.717) is 12.2 Å². The summed E-state index contributed by atoms with van der Waals surface area (Å²) in [6.45, 7) is 5.34. The van der Waals surface area contributed by atoms with Gasteiger partial charge in [0.1, 0.15) is 18.3 Å². The molecule has 6 nitrogen and oxygen atoms in total. The first-order chi connectivity index (χ1) is 10.4. The molecule has 22 heavy (non-hydrogen) atoms. The normalized spacial score (nSPS) is 31.5. The molecule has 0 unspecified atom stereocenters. The first kappa shape index (κ1) is 19.4. The van der Waals surface area contributed by atoms with Gasteiger partial charge < -0.3 is 29.9 Å². The van der Waals surface area contributed by atoms with Crippen LogP contribution in [-0.4, -0.2) is 57.7 Å². The van der Waals surface area contributed by atoms with Gasteiger partial charge in [0.05, 0.1) is 6.61 Å². The second kappa shape index (κ2) is 8.84. The zero-order valence-corrected chi connectivity index (χ0v) is 13.8. The zero-order chi connectivity index (χ0) is 16.8. The molecule has 0 aromatic heterocycles. The first-order valence-corrected chi connectivity index (χ1v) is 8.06. The lowest BCUT2D eigenvalue weighted by molar-refractivity contribution is -0.221. The molecule has 0 radical (unpaired) electrons. The zero-order valence-electron chi connectivity index (χ0n) is 13.8. The minimum Gasteiger partial charge on any atom is -0.507 e. The molecule has 6 heteroatoms. The van der Waals surface area contributed by atoms with E-state index in [1.165, 1.54) is 6.42 Å². The standard InChI is InChI=1S/C16H30O6/c1-4-5-6-7-8-9-21-13-12(10-17)22-16(20,15(13)19)14(18)11(2)3/h12-13,15,17-20H,4-10H2,1-3H3/t12-,13-,15+,16-/m1/s1. The maximum atomic E-state index is 10.4. The number of hydrogen-bond acceptors (Lipinski definition) is 6. The first-order valence-electron chi connectivity index (χ1n) is 8.06. The molecule has 1 rings (SSSR count). The Labute approximate surface area is 132 Å². The second-order valence-electron chi connectivity index (χ2n) is 6.08. The molecule has 0 aliphatic carbocycles. The summed E-state index contributed by atoms with van der Waals surface area (Å²) in [6.07, 6.45) is 2.16. The lowest BCUT2D eigenvalue weighted by Crippen LogP contribution is -2.46. The molecule has 4 atom stereocenters. The van der Waals surface area contributed by atoms with Gasteiger partial charge in [-0.2, -0.15) is 0 Å². The summed E-state index contributed by atoms with van der Waals surface area (Å²) < 4.78 is 10.9. The molecule has 0 saturated carbocycles. The van der Waals surface area contributed by atoms with Crippen LogP contribution in [0.1, 0.15) is 52.9 Å². The van der Waals surface area contributed by atoms with Crippen molar-refractivity contribution in [2.45, 2.75) is 77.0 Å². The molecule has 1 aliphatic heterocycles. The van der Waals surface area contributed by atoms with Crippen LogP contribution in [-0.2, 0) is 9.47 Å². The Hall–Kier alpha value is -0.660. The van der Waals surface area contributed by atoms with E-state index in [4.69, 9.17) is 9.47 Å². The van der Waals surface area contributed by atoms with Crippen molar-refractivity contribution in [2.24, 2.45) is 0 Å². The molecule has 0 aromatic carbocycles. The number of ether oxygens (including phenoxy) is 2. The monoisotopic (exact) mass is 318 g/mol. The van der Waals surface area contributed by atoms with E-state index in [0.717, 1.165) is 25.7 Å². The maximum absolute atomic E-state index is 10.4. The fraction of sp³-hybridized carbons (Fsp3) is 0.875. The topological polar surface area (TPSA) is 99.4 Å². The second-order valence-corrected chi connectivity index (χ2v) is 6.08. The lowest BCUT2D eigenvalue weighted by Gasteiger charge is -2.26. The molecule has 0 spiro atoms. The molecular weight excluding hydrogens is 288 g/mol. The third-order valence-electron chi connectivity index (χ3n) is 3.96. The van der Waals surface area contributed by atoms with Gasteiger partial charge in [0.2, 0.25) is 0 Å². The predicted octanol–water partition coefficient (Wildman–Crippen LogP) is 1.63. The Kier molecular flexibility index (Phi) is 7.79. The lowest BCUT2D eigenvalue weighted by atomic mass is 10.0. The van der Waals surface area contributed by atoms with Gasteiger partial charge in [-0.1, -0.05) is 32.6 Å². The minimum atomic E-state index is -2.22. The fourth-order valence-corrected chi connectivity index (χ4v) is 2.61. The number of rotatable bonds is 9. The van der Waals surface area contributed by atoms with Crippen LogP contribution in [0.2, 0.25) is 0 Å². The van der Waals surface area contributed by atoms with Crippen molar-refractivity contribution in [3.63, 3.8) is 0 Å². The van der Waals surface area contributed by atoms with E-state index >= 15 is 0 Å². The average Bonchev–Trinajstić information content (AvgIpc) is 2.74. The van der Waals surface area contributed by atoms with E-state index in [9.17, 15) is 20.4 Å². The molecular formula is C16H30O6. The molecule has 0 aromatic rings. The summed E-state index contributed by atoms with van der Waals surface area (Å²) in [6, 6.07) is 0. The van der Waals surface area contributed by atoms with Gasteiger partial charge in [-0.05, 0) is 25.8 Å². The van der Waals surface area contributed by atoms with Crippen molar-refractivity contribution >= 4 is 0 Å². The summed E-state index contributed by atoms with van der Waals surface area (Å²) in [5, 5.41) is 40.0. The summed E-state index contributed by atoms with van der Waals surface area (Å²) in [4.78, 5) is 0. The van der Waals surface area contributed by atoms with Crippen LogP contribution in [0.15, 0.2) is 11.3 Å². The van der Waals surface area contributed by atoms with E-state index in [2.05, 4.69) is 6.92 Å². The van der Waals surface area contributed by atoms with Gasteiger partial charge in [-0.3, -0.25) is 0 Å². The number of aliphatic hydroxyl groups is 4. The highest BCUT2D eigenvalue weighted by Gasteiger charge is 2.57. The molecule has 130 valence electrons. The van der Waals surface area contributed by atoms with Crippen LogP contribution >= 0.6 is 0 Å². The van der Waals surface area contributed by atoms with E-state index < -0.39 is 36.5 Å². The van der Waals surface area contributed by atoms with Gasteiger partial charge >= 0.3 is 0 Å². The highest BCUT2D eigenvalue weighted by atomic mass is 16.7. The van der Waals surface area contributed by atoms with E-state index in [1.807, 2.05) is 0 Å². The number of allylic oxidation sites excluding steroid dienone is 1. The smallest absolute Gasteiger partial charge is 0.255 e. The van der Waals surface area contributed by atoms with Crippen molar-refractivity contribution in [1.29, 1.82) is 0 Å². The highest BCUT2D eigenvalue weighted by molar-refractivity contribution is 5.17. The van der Waals surface area contributed by atoms with Crippen LogP contribution < -0.4 is 0 Å². The van der Waals surface area contributed by atoms with Gasteiger partial charge in [-0.15, -0.1) is 0 Å². The molecule has 4 N–H and O–H groups in total. The van der Waals surface area contributed by atoms with Crippen LogP contribution in [0.25, 0.3) is 0 Å². The molecule has 0 amide bonds. The number of aliphatic hydroxyl groups excluding tert-OH is 3. The van der Waals surface area contributed by atoms with Crippen LogP contribution in [0.3, 0.4) is 0 Å². The highest BCUT2D eigenvalue weighted by Crippen LogP contribution is 2.36. The Morgan fingerprint density at radius 1 is 1.18 bits per heavy atom. The van der Waals surface area contributed by atoms with E-state index in [1.54, 1.807) is 13.8 Å². The Morgan fingerprint density at radius 3 is 2.36 bits per heavy atom. The summed E-state index contributed by atoms with van der Waals surface area (Å²) in [5.41, 5.74) is 0.429. The molecule has 0 bridgehead atoms. The molecule has 1 fully saturated rings. The van der Waals surface area contributed by atoms with Crippen LogP contribution in [0.5, 0.6) is 0 Å². The summed E-state index contributed by atoms with van der Waals surface area (Å²) in [7, 11) is 0. The van der Waals surface area contributed by atoms with Crippen LogP contribution in [0, 0.1) is 0 Å². The van der Waals surface area contributed by atoms with Crippen molar-refractivity contribution in [3.05, 3.63) is 11.3 Å². The fourth-order valence-electron chi connectivity index (χ4n) is 2.61. The van der Waals surface area contributed by atoms with Gasteiger partial charge in [0.25, 0.3) is 5.79 Å². The van der Waals surface area contributed by atoms with Crippen molar-refractivity contribution in [1.82, 2.24) is 0 Å². The summed E-state index contributed by atoms with van der Waals surface area (Å²) in [5.74, 6) is -2.66. The minimum absolute atomic E-state index is 0.407. The van der Waals surface area contributed by atoms with Crippen molar-refractivity contribution in [2.75, 3.05) is 13.2 Å². The Morgan fingerprint density at radius 2 is 1.82 bits per heavy atom. The predicted molar refractivity (Wildman–Crippen MR) is 82.4 cm³/mol.